The molecular formula is C48H31NO. The quantitative estimate of drug-likeness (QED) is 0.175. The standard InChI is InChI=1S/C48H31NO/c1-2-13-35(14-3-1)49(36-26-22-32(23-27-36)44-30-34-12-4-5-15-38(34)39-16-6-7-17-40(39)44)37-28-24-33(25-29-37)45-31-46-42-19-10-11-21-47(42)50-48(46)43-20-9-8-18-41(43)45/h1-31H. The van der Waals surface area contributed by atoms with Gasteiger partial charge in [-0.2, -0.15) is 0 Å². The second-order valence-corrected chi connectivity index (χ2v) is 12.9. The van der Waals surface area contributed by atoms with Gasteiger partial charge in [-0.1, -0.05) is 133 Å². The predicted octanol–water partition coefficient (Wildman–Crippen LogP) is 13.8. The fourth-order valence-corrected chi connectivity index (χ4v) is 7.68. The van der Waals surface area contributed by atoms with Gasteiger partial charge >= 0.3 is 0 Å². The summed E-state index contributed by atoms with van der Waals surface area (Å²) in [7, 11) is 0. The number of hydrogen-bond acceptors (Lipinski definition) is 2. The maximum absolute atomic E-state index is 6.37. The molecule has 0 N–H and O–H groups in total. The lowest BCUT2D eigenvalue weighted by molar-refractivity contribution is 0.672. The number of para-hydroxylation sites is 2. The number of furan rings is 1. The molecule has 0 saturated heterocycles. The SMILES string of the molecule is c1ccc(N(c2ccc(-c3cc4ccccc4c4ccccc34)cc2)c2ccc(-c3cc4c5ccccc5oc4c4ccccc34)cc2)cc1. The topological polar surface area (TPSA) is 16.4 Å². The van der Waals surface area contributed by atoms with E-state index in [2.05, 4.69) is 181 Å². The minimum atomic E-state index is 0.915. The number of fused-ring (bicyclic) bond motifs is 8. The van der Waals surface area contributed by atoms with Crippen molar-refractivity contribution in [2.75, 3.05) is 4.90 Å². The molecule has 10 aromatic rings. The van der Waals surface area contributed by atoms with Crippen LogP contribution in [0.5, 0.6) is 0 Å². The third-order valence-electron chi connectivity index (χ3n) is 10.0. The molecule has 0 unspecified atom stereocenters. The van der Waals surface area contributed by atoms with Crippen LogP contribution >= 0.6 is 0 Å². The maximum atomic E-state index is 6.37. The molecule has 0 saturated carbocycles. The van der Waals surface area contributed by atoms with Crippen LogP contribution in [0.25, 0.3) is 76.5 Å². The second-order valence-electron chi connectivity index (χ2n) is 12.9. The molecule has 0 spiro atoms. The molecule has 0 atom stereocenters. The Morgan fingerprint density at radius 3 is 1.48 bits per heavy atom. The number of anilines is 3. The van der Waals surface area contributed by atoms with E-state index >= 15 is 0 Å². The Morgan fingerprint density at radius 2 is 0.800 bits per heavy atom. The van der Waals surface area contributed by atoms with Crippen molar-refractivity contribution in [2.45, 2.75) is 0 Å². The first-order valence-corrected chi connectivity index (χ1v) is 17.1. The third-order valence-corrected chi connectivity index (χ3v) is 10.0. The van der Waals surface area contributed by atoms with E-state index in [4.69, 9.17) is 4.42 Å². The van der Waals surface area contributed by atoms with Gasteiger partial charge in [0.2, 0.25) is 0 Å². The Bertz CT molecular complexity index is 2850. The van der Waals surface area contributed by atoms with Crippen molar-refractivity contribution in [3.63, 3.8) is 0 Å². The van der Waals surface area contributed by atoms with E-state index in [-0.39, 0.29) is 0 Å². The molecule has 0 amide bonds. The van der Waals surface area contributed by atoms with Crippen molar-refractivity contribution in [3.05, 3.63) is 188 Å². The van der Waals surface area contributed by atoms with Gasteiger partial charge in [0.05, 0.1) is 0 Å². The van der Waals surface area contributed by atoms with Crippen LogP contribution < -0.4 is 4.90 Å². The van der Waals surface area contributed by atoms with Gasteiger partial charge in [-0.3, -0.25) is 0 Å². The molecule has 234 valence electrons. The largest absolute Gasteiger partial charge is 0.455 e. The zero-order valence-electron chi connectivity index (χ0n) is 27.3. The van der Waals surface area contributed by atoms with E-state index in [0.717, 1.165) is 44.4 Å². The van der Waals surface area contributed by atoms with Crippen LogP contribution in [0.1, 0.15) is 0 Å². The van der Waals surface area contributed by atoms with Gasteiger partial charge in [0.1, 0.15) is 11.2 Å². The minimum Gasteiger partial charge on any atom is -0.455 e. The summed E-state index contributed by atoms with van der Waals surface area (Å²) >= 11 is 0. The molecule has 0 radical (unpaired) electrons. The number of hydrogen-bond donors (Lipinski definition) is 0. The summed E-state index contributed by atoms with van der Waals surface area (Å²) in [4.78, 5) is 2.33. The lowest BCUT2D eigenvalue weighted by atomic mass is 9.93. The van der Waals surface area contributed by atoms with Crippen LogP contribution in [0, 0.1) is 0 Å². The summed E-state index contributed by atoms with van der Waals surface area (Å²) in [5.41, 5.74) is 9.99. The molecule has 9 aromatic carbocycles. The Hall–Kier alpha value is -6.64. The Labute approximate surface area is 290 Å². The van der Waals surface area contributed by atoms with Crippen molar-refractivity contribution in [3.8, 4) is 22.3 Å². The molecular weight excluding hydrogens is 607 g/mol. The van der Waals surface area contributed by atoms with Crippen LogP contribution in [-0.4, -0.2) is 0 Å². The summed E-state index contributed by atoms with van der Waals surface area (Å²) in [5, 5.41) is 9.68. The highest BCUT2D eigenvalue weighted by Crippen LogP contribution is 2.42. The lowest BCUT2D eigenvalue weighted by Gasteiger charge is -2.26. The Morgan fingerprint density at radius 1 is 0.320 bits per heavy atom. The van der Waals surface area contributed by atoms with Crippen LogP contribution in [0.4, 0.5) is 17.1 Å². The number of rotatable bonds is 5. The van der Waals surface area contributed by atoms with E-state index in [9.17, 15) is 0 Å². The normalized spacial score (nSPS) is 11.6. The average Bonchev–Trinajstić information content (AvgIpc) is 3.57. The first-order chi connectivity index (χ1) is 24.8. The minimum absolute atomic E-state index is 0.915. The molecule has 0 aliphatic carbocycles. The maximum Gasteiger partial charge on any atom is 0.143 e. The zero-order chi connectivity index (χ0) is 33.0. The van der Waals surface area contributed by atoms with Gasteiger partial charge in [-0.15, -0.1) is 0 Å². The highest BCUT2D eigenvalue weighted by molar-refractivity contribution is 6.19. The molecule has 0 bridgehead atoms. The van der Waals surface area contributed by atoms with Gasteiger partial charge < -0.3 is 9.32 Å². The first-order valence-electron chi connectivity index (χ1n) is 17.1. The Kier molecular flexibility index (Phi) is 6.53. The van der Waals surface area contributed by atoms with Crippen LogP contribution in [-0.2, 0) is 0 Å². The number of benzene rings is 9. The van der Waals surface area contributed by atoms with Crippen molar-refractivity contribution in [1.82, 2.24) is 0 Å². The van der Waals surface area contributed by atoms with E-state index in [1.807, 2.05) is 12.1 Å². The van der Waals surface area contributed by atoms with Crippen molar-refractivity contribution in [2.24, 2.45) is 0 Å². The monoisotopic (exact) mass is 637 g/mol. The fraction of sp³-hybridized carbons (Fsp3) is 0. The number of nitrogens with zero attached hydrogens (tertiary/aromatic N) is 1. The first kappa shape index (κ1) is 28.4. The van der Waals surface area contributed by atoms with Gasteiger partial charge in [0.25, 0.3) is 0 Å². The highest BCUT2D eigenvalue weighted by atomic mass is 16.3. The summed E-state index contributed by atoms with van der Waals surface area (Å²) in [5.74, 6) is 0. The van der Waals surface area contributed by atoms with Crippen molar-refractivity contribution < 1.29 is 4.42 Å². The molecule has 2 heteroatoms. The Balaban J connectivity index is 1.07. The smallest absolute Gasteiger partial charge is 0.143 e. The summed E-state index contributed by atoms with van der Waals surface area (Å²) in [6, 6.07) is 67.5. The van der Waals surface area contributed by atoms with Crippen LogP contribution in [0.15, 0.2) is 192 Å². The zero-order valence-corrected chi connectivity index (χ0v) is 27.3. The van der Waals surface area contributed by atoms with Gasteiger partial charge in [0.15, 0.2) is 0 Å². The summed E-state index contributed by atoms with van der Waals surface area (Å²) < 4.78 is 6.37. The molecule has 10 rings (SSSR count). The van der Waals surface area contributed by atoms with Crippen molar-refractivity contribution in [1.29, 1.82) is 0 Å². The molecule has 1 heterocycles. The van der Waals surface area contributed by atoms with Crippen LogP contribution in [0.2, 0.25) is 0 Å². The average molecular weight is 638 g/mol. The van der Waals surface area contributed by atoms with E-state index in [1.165, 1.54) is 49.2 Å². The van der Waals surface area contributed by atoms with E-state index in [1.54, 1.807) is 0 Å². The molecule has 0 fully saturated rings. The summed E-state index contributed by atoms with van der Waals surface area (Å²) in [6.07, 6.45) is 0. The molecule has 0 aliphatic rings. The third kappa shape index (κ3) is 4.57. The van der Waals surface area contributed by atoms with Crippen molar-refractivity contribution >= 4 is 71.3 Å². The molecule has 0 aliphatic heterocycles. The molecule has 2 nitrogen and oxygen atoms in total. The summed E-state index contributed by atoms with van der Waals surface area (Å²) in [6.45, 7) is 0. The van der Waals surface area contributed by atoms with Gasteiger partial charge in [0, 0.05) is 33.2 Å². The van der Waals surface area contributed by atoms with Crippen LogP contribution in [0.3, 0.4) is 0 Å². The lowest BCUT2D eigenvalue weighted by Crippen LogP contribution is -2.09. The highest BCUT2D eigenvalue weighted by Gasteiger charge is 2.17. The van der Waals surface area contributed by atoms with E-state index in [0.29, 0.717) is 0 Å². The fourth-order valence-electron chi connectivity index (χ4n) is 7.68. The predicted molar refractivity (Wildman–Crippen MR) is 212 cm³/mol. The van der Waals surface area contributed by atoms with Gasteiger partial charge in [-0.25, -0.2) is 0 Å². The van der Waals surface area contributed by atoms with E-state index < -0.39 is 0 Å². The molecule has 50 heavy (non-hydrogen) atoms. The molecule has 1 aromatic heterocycles. The van der Waals surface area contributed by atoms with Gasteiger partial charge in [-0.05, 0) is 104 Å². The second kappa shape index (κ2) is 11.5.